The molecular formula is C14H20N2O. The zero-order valence-corrected chi connectivity index (χ0v) is 10.4. The Morgan fingerprint density at radius 3 is 2.53 bits per heavy atom. The molecule has 1 unspecified atom stereocenters. The molecule has 0 aliphatic carbocycles. The monoisotopic (exact) mass is 232 g/mol. The summed E-state index contributed by atoms with van der Waals surface area (Å²) < 4.78 is 0. The Hall–Kier alpha value is -1.77. The Labute approximate surface area is 103 Å². The van der Waals surface area contributed by atoms with Gasteiger partial charge >= 0.3 is 6.03 Å². The Kier molecular flexibility index (Phi) is 5.27. The fourth-order valence-corrected chi connectivity index (χ4v) is 1.65. The third kappa shape index (κ3) is 4.31. The van der Waals surface area contributed by atoms with Crippen LogP contribution < -0.4 is 10.6 Å². The topological polar surface area (TPSA) is 41.1 Å². The van der Waals surface area contributed by atoms with Gasteiger partial charge in [0.05, 0.1) is 6.04 Å². The van der Waals surface area contributed by atoms with Crippen molar-refractivity contribution in [1.29, 1.82) is 0 Å². The van der Waals surface area contributed by atoms with E-state index in [2.05, 4.69) is 31.1 Å². The molecule has 0 fully saturated rings. The highest BCUT2D eigenvalue weighted by molar-refractivity contribution is 5.74. The molecule has 3 heteroatoms. The van der Waals surface area contributed by atoms with Gasteiger partial charge in [-0.25, -0.2) is 4.79 Å². The summed E-state index contributed by atoms with van der Waals surface area (Å²) in [6.07, 6.45) is 1.66. The van der Waals surface area contributed by atoms with Crippen LogP contribution in [-0.4, -0.2) is 12.6 Å². The van der Waals surface area contributed by atoms with Gasteiger partial charge in [0.2, 0.25) is 0 Å². The van der Waals surface area contributed by atoms with E-state index in [9.17, 15) is 4.79 Å². The van der Waals surface area contributed by atoms with Gasteiger partial charge in [-0.3, -0.25) is 0 Å². The van der Waals surface area contributed by atoms with Gasteiger partial charge in [0, 0.05) is 6.54 Å². The molecule has 1 atom stereocenters. The average molecular weight is 232 g/mol. The SMILES string of the molecule is C=CCNC(=O)NC(c1ccccc1)C(C)C. The van der Waals surface area contributed by atoms with E-state index in [1.165, 1.54) is 0 Å². The highest BCUT2D eigenvalue weighted by Crippen LogP contribution is 2.20. The van der Waals surface area contributed by atoms with Gasteiger partial charge in [-0.05, 0) is 11.5 Å². The minimum Gasteiger partial charge on any atom is -0.335 e. The van der Waals surface area contributed by atoms with Gasteiger partial charge in [0.15, 0.2) is 0 Å². The van der Waals surface area contributed by atoms with E-state index in [0.717, 1.165) is 5.56 Å². The van der Waals surface area contributed by atoms with E-state index < -0.39 is 0 Å². The number of rotatable bonds is 5. The number of nitrogens with one attached hydrogen (secondary N) is 2. The third-order valence-corrected chi connectivity index (χ3v) is 2.52. The van der Waals surface area contributed by atoms with Crippen LogP contribution >= 0.6 is 0 Å². The van der Waals surface area contributed by atoms with E-state index in [1.54, 1.807) is 6.08 Å². The Morgan fingerprint density at radius 1 is 1.35 bits per heavy atom. The largest absolute Gasteiger partial charge is 0.335 e. The molecule has 3 nitrogen and oxygen atoms in total. The van der Waals surface area contributed by atoms with Crippen LogP contribution in [0.4, 0.5) is 4.79 Å². The third-order valence-electron chi connectivity index (χ3n) is 2.52. The molecule has 0 saturated carbocycles. The molecule has 1 aromatic carbocycles. The Balaban J connectivity index is 2.68. The zero-order chi connectivity index (χ0) is 12.7. The lowest BCUT2D eigenvalue weighted by molar-refractivity contribution is 0.234. The molecule has 17 heavy (non-hydrogen) atoms. The van der Waals surface area contributed by atoms with Crippen LogP contribution in [0, 0.1) is 5.92 Å². The number of benzene rings is 1. The van der Waals surface area contributed by atoms with Gasteiger partial charge in [-0.15, -0.1) is 6.58 Å². The quantitative estimate of drug-likeness (QED) is 0.753. The molecule has 0 aromatic heterocycles. The lowest BCUT2D eigenvalue weighted by atomic mass is 9.96. The highest BCUT2D eigenvalue weighted by atomic mass is 16.2. The summed E-state index contributed by atoms with van der Waals surface area (Å²) in [5.74, 6) is 0.340. The molecule has 1 aromatic rings. The molecule has 0 spiro atoms. The van der Waals surface area contributed by atoms with Crippen molar-refractivity contribution in [3.05, 3.63) is 48.6 Å². The van der Waals surface area contributed by atoms with Crippen molar-refractivity contribution in [2.75, 3.05) is 6.54 Å². The van der Waals surface area contributed by atoms with Crippen LogP contribution in [0.25, 0.3) is 0 Å². The maximum absolute atomic E-state index is 11.6. The number of urea groups is 1. The smallest absolute Gasteiger partial charge is 0.315 e. The second-order valence-electron chi connectivity index (χ2n) is 4.28. The Morgan fingerprint density at radius 2 is 2.00 bits per heavy atom. The van der Waals surface area contributed by atoms with Crippen molar-refractivity contribution in [1.82, 2.24) is 10.6 Å². The van der Waals surface area contributed by atoms with Crippen LogP contribution in [0.1, 0.15) is 25.5 Å². The maximum Gasteiger partial charge on any atom is 0.315 e. The first-order chi connectivity index (χ1) is 8.15. The average Bonchev–Trinajstić information content (AvgIpc) is 2.34. The molecule has 0 heterocycles. The zero-order valence-electron chi connectivity index (χ0n) is 10.4. The molecular weight excluding hydrogens is 212 g/mol. The predicted molar refractivity (Wildman–Crippen MR) is 70.8 cm³/mol. The van der Waals surface area contributed by atoms with Crippen LogP contribution in [0.5, 0.6) is 0 Å². The molecule has 2 amide bonds. The summed E-state index contributed by atoms with van der Waals surface area (Å²) in [5.41, 5.74) is 1.12. The lowest BCUT2D eigenvalue weighted by Crippen LogP contribution is -2.39. The van der Waals surface area contributed by atoms with Crippen molar-refractivity contribution in [2.24, 2.45) is 5.92 Å². The molecule has 0 aliphatic rings. The van der Waals surface area contributed by atoms with Crippen LogP contribution in [-0.2, 0) is 0 Å². The number of carbonyl (C=O) groups is 1. The maximum atomic E-state index is 11.6. The van der Waals surface area contributed by atoms with Crippen molar-refractivity contribution in [2.45, 2.75) is 19.9 Å². The fourth-order valence-electron chi connectivity index (χ4n) is 1.65. The second kappa shape index (κ2) is 6.74. The molecule has 2 N–H and O–H groups in total. The first-order valence-electron chi connectivity index (χ1n) is 5.85. The van der Waals surface area contributed by atoms with Crippen LogP contribution in [0.15, 0.2) is 43.0 Å². The van der Waals surface area contributed by atoms with Crippen molar-refractivity contribution in [3.8, 4) is 0 Å². The lowest BCUT2D eigenvalue weighted by Gasteiger charge is -2.22. The van der Waals surface area contributed by atoms with E-state index in [0.29, 0.717) is 12.5 Å². The van der Waals surface area contributed by atoms with E-state index >= 15 is 0 Å². The normalized spacial score (nSPS) is 11.9. The summed E-state index contributed by atoms with van der Waals surface area (Å²) >= 11 is 0. The first-order valence-corrected chi connectivity index (χ1v) is 5.85. The molecule has 0 bridgehead atoms. The number of carbonyl (C=O) groups excluding carboxylic acids is 1. The predicted octanol–water partition coefficient (Wildman–Crippen LogP) is 2.87. The van der Waals surface area contributed by atoms with Crippen molar-refractivity contribution >= 4 is 6.03 Å². The molecule has 1 rings (SSSR count). The van der Waals surface area contributed by atoms with Crippen LogP contribution in [0.2, 0.25) is 0 Å². The van der Waals surface area contributed by atoms with Gasteiger partial charge in [-0.2, -0.15) is 0 Å². The van der Waals surface area contributed by atoms with E-state index in [4.69, 9.17) is 0 Å². The highest BCUT2D eigenvalue weighted by Gasteiger charge is 2.17. The summed E-state index contributed by atoms with van der Waals surface area (Å²) in [5, 5.41) is 5.69. The summed E-state index contributed by atoms with van der Waals surface area (Å²) in [6, 6.07) is 9.85. The minimum absolute atomic E-state index is 0.0287. The molecule has 0 radical (unpaired) electrons. The first kappa shape index (κ1) is 13.3. The standard InChI is InChI=1S/C14H20N2O/c1-4-10-15-14(17)16-13(11(2)3)12-8-6-5-7-9-12/h4-9,11,13H,1,10H2,2-3H3,(H2,15,16,17). The van der Waals surface area contributed by atoms with Gasteiger partial charge in [-0.1, -0.05) is 50.3 Å². The van der Waals surface area contributed by atoms with E-state index in [1.807, 2.05) is 30.3 Å². The van der Waals surface area contributed by atoms with Gasteiger partial charge < -0.3 is 10.6 Å². The molecule has 0 saturated heterocycles. The number of hydrogen-bond donors (Lipinski definition) is 2. The second-order valence-corrected chi connectivity index (χ2v) is 4.28. The molecule has 92 valence electrons. The summed E-state index contributed by atoms with van der Waals surface area (Å²) in [4.78, 5) is 11.6. The summed E-state index contributed by atoms with van der Waals surface area (Å²) in [6.45, 7) is 8.22. The van der Waals surface area contributed by atoms with Gasteiger partial charge in [0.25, 0.3) is 0 Å². The fraction of sp³-hybridized carbons (Fsp3) is 0.357. The van der Waals surface area contributed by atoms with Crippen LogP contribution in [0.3, 0.4) is 0 Å². The minimum atomic E-state index is -0.160. The number of hydrogen-bond acceptors (Lipinski definition) is 1. The van der Waals surface area contributed by atoms with Crippen molar-refractivity contribution in [3.63, 3.8) is 0 Å². The summed E-state index contributed by atoms with van der Waals surface area (Å²) in [7, 11) is 0. The van der Waals surface area contributed by atoms with E-state index in [-0.39, 0.29) is 12.1 Å². The number of amides is 2. The van der Waals surface area contributed by atoms with Gasteiger partial charge in [0.1, 0.15) is 0 Å². The Bertz CT molecular complexity index is 360. The van der Waals surface area contributed by atoms with Crippen molar-refractivity contribution < 1.29 is 4.79 Å². The molecule has 0 aliphatic heterocycles.